The number of hydrogen-bond acceptors (Lipinski definition) is 4. The van der Waals surface area contributed by atoms with Gasteiger partial charge >= 0.3 is 0 Å². The molecule has 1 saturated heterocycles. The number of nitrogens with zero attached hydrogens (tertiary/aromatic N) is 1. The number of methoxy groups -OCH3 is 1. The van der Waals surface area contributed by atoms with E-state index in [1.165, 1.54) is 11.1 Å². The van der Waals surface area contributed by atoms with E-state index in [9.17, 15) is 0 Å². The summed E-state index contributed by atoms with van der Waals surface area (Å²) >= 11 is 0. The SMILES string of the molecule is COCC[C@@H]1CN(CCOc2ccc(C)cc2C)CCO1. The van der Waals surface area contributed by atoms with Gasteiger partial charge in [-0.2, -0.15) is 0 Å². The summed E-state index contributed by atoms with van der Waals surface area (Å²) in [4.78, 5) is 2.41. The van der Waals surface area contributed by atoms with Gasteiger partial charge in [0.2, 0.25) is 0 Å². The Morgan fingerprint density at radius 3 is 2.90 bits per heavy atom. The smallest absolute Gasteiger partial charge is 0.122 e. The summed E-state index contributed by atoms with van der Waals surface area (Å²) in [6.45, 7) is 9.39. The van der Waals surface area contributed by atoms with Crippen LogP contribution in [-0.2, 0) is 9.47 Å². The van der Waals surface area contributed by atoms with Gasteiger partial charge in [-0.05, 0) is 31.9 Å². The summed E-state index contributed by atoms with van der Waals surface area (Å²) in [5, 5.41) is 0. The molecule has 1 atom stereocenters. The van der Waals surface area contributed by atoms with Gasteiger partial charge in [-0.15, -0.1) is 0 Å². The van der Waals surface area contributed by atoms with Crippen LogP contribution in [0.5, 0.6) is 5.75 Å². The number of morpholine rings is 1. The van der Waals surface area contributed by atoms with E-state index in [0.29, 0.717) is 6.10 Å². The Balaban J connectivity index is 1.72. The molecule has 1 aromatic carbocycles. The van der Waals surface area contributed by atoms with E-state index < -0.39 is 0 Å². The minimum absolute atomic E-state index is 0.291. The molecule has 0 spiro atoms. The van der Waals surface area contributed by atoms with Crippen molar-refractivity contribution >= 4 is 0 Å². The van der Waals surface area contributed by atoms with Crippen LogP contribution in [0.25, 0.3) is 0 Å². The molecule has 0 aliphatic carbocycles. The Labute approximate surface area is 128 Å². The fourth-order valence-electron chi connectivity index (χ4n) is 2.65. The van der Waals surface area contributed by atoms with Crippen LogP contribution in [0.4, 0.5) is 0 Å². The van der Waals surface area contributed by atoms with E-state index in [-0.39, 0.29) is 0 Å². The molecular weight excluding hydrogens is 266 g/mol. The predicted molar refractivity (Wildman–Crippen MR) is 84.1 cm³/mol. The van der Waals surface area contributed by atoms with E-state index >= 15 is 0 Å². The zero-order chi connectivity index (χ0) is 15.1. The van der Waals surface area contributed by atoms with Gasteiger partial charge in [0.05, 0.1) is 12.7 Å². The minimum atomic E-state index is 0.291. The average molecular weight is 293 g/mol. The largest absolute Gasteiger partial charge is 0.492 e. The van der Waals surface area contributed by atoms with Crippen molar-refractivity contribution in [2.45, 2.75) is 26.4 Å². The molecule has 21 heavy (non-hydrogen) atoms. The lowest BCUT2D eigenvalue weighted by molar-refractivity contribution is -0.0430. The first-order valence-corrected chi connectivity index (χ1v) is 7.72. The van der Waals surface area contributed by atoms with Gasteiger partial charge in [0.25, 0.3) is 0 Å². The molecule has 118 valence electrons. The van der Waals surface area contributed by atoms with Crippen molar-refractivity contribution in [1.29, 1.82) is 0 Å². The summed E-state index contributed by atoms with van der Waals surface area (Å²) in [7, 11) is 1.73. The Bertz CT molecular complexity index is 436. The zero-order valence-electron chi connectivity index (χ0n) is 13.4. The first kappa shape index (κ1) is 16.3. The molecule has 0 radical (unpaired) electrons. The van der Waals surface area contributed by atoms with Crippen LogP contribution >= 0.6 is 0 Å². The fourth-order valence-corrected chi connectivity index (χ4v) is 2.65. The summed E-state index contributed by atoms with van der Waals surface area (Å²) < 4.78 is 16.8. The molecule has 4 heteroatoms. The fraction of sp³-hybridized carbons (Fsp3) is 0.647. The molecule has 4 nitrogen and oxygen atoms in total. The minimum Gasteiger partial charge on any atom is -0.492 e. The molecule has 0 N–H and O–H groups in total. The Hall–Kier alpha value is -1.10. The highest BCUT2D eigenvalue weighted by molar-refractivity contribution is 5.35. The lowest BCUT2D eigenvalue weighted by Crippen LogP contribution is -2.44. The normalized spacial score (nSPS) is 19.7. The lowest BCUT2D eigenvalue weighted by atomic mass is 10.1. The molecule has 2 rings (SSSR count). The molecule has 1 aliphatic heterocycles. The van der Waals surface area contributed by atoms with E-state index in [1.54, 1.807) is 7.11 Å². The van der Waals surface area contributed by atoms with Crippen LogP contribution in [0, 0.1) is 13.8 Å². The Morgan fingerprint density at radius 1 is 1.29 bits per heavy atom. The van der Waals surface area contributed by atoms with E-state index in [0.717, 1.165) is 51.6 Å². The van der Waals surface area contributed by atoms with Crippen LogP contribution in [-0.4, -0.2) is 57.6 Å². The number of benzene rings is 1. The van der Waals surface area contributed by atoms with Gasteiger partial charge in [-0.3, -0.25) is 4.90 Å². The summed E-state index contributed by atoms with van der Waals surface area (Å²) in [5.74, 6) is 0.991. The van der Waals surface area contributed by atoms with Gasteiger partial charge in [-0.25, -0.2) is 0 Å². The summed E-state index contributed by atoms with van der Waals surface area (Å²) in [5.41, 5.74) is 2.48. The third-order valence-electron chi connectivity index (χ3n) is 3.86. The molecule has 0 saturated carbocycles. The molecule has 0 aromatic heterocycles. The number of ether oxygens (including phenoxy) is 3. The molecule has 1 aromatic rings. The average Bonchev–Trinajstić information content (AvgIpc) is 2.48. The summed E-state index contributed by atoms with van der Waals surface area (Å²) in [6.07, 6.45) is 1.25. The maximum atomic E-state index is 5.90. The molecule has 1 aliphatic rings. The number of rotatable bonds is 7. The van der Waals surface area contributed by atoms with Gasteiger partial charge in [0.1, 0.15) is 12.4 Å². The topological polar surface area (TPSA) is 30.9 Å². The van der Waals surface area contributed by atoms with Gasteiger partial charge in [-0.1, -0.05) is 17.7 Å². The maximum absolute atomic E-state index is 5.90. The monoisotopic (exact) mass is 293 g/mol. The Morgan fingerprint density at radius 2 is 2.14 bits per heavy atom. The Kier molecular flexibility index (Phi) is 6.49. The van der Waals surface area contributed by atoms with Crippen LogP contribution in [0.2, 0.25) is 0 Å². The van der Waals surface area contributed by atoms with Crippen LogP contribution in [0.1, 0.15) is 17.5 Å². The highest BCUT2D eigenvalue weighted by Crippen LogP contribution is 2.18. The van der Waals surface area contributed by atoms with Crippen molar-refractivity contribution in [3.63, 3.8) is 0 Å². The quantitative estimate of drug-likeness (QED) is 0.772. The van der Waals surface area contributed by atoms with E-state index in [2.05, 4.69) is 36.9 Å². The predicted octanol–water partition coefficient (Wildman–Crippen LogP) is 2.42. The van der Waals surface area contributed by atoms with E-state index in [4.69, 9.17) is 14.2 Å². The number of aryl methyl sites for hydroxylation is 2. The van der Waals surface area contributed by atoms with Crippen molar-refractivity contribution in [1.82, 2.24) is 4.90 Å². The second-order valence-electron chi connectivity index (χ2n) is 5.69. The molecule has 1 fully saturated rings. The third kappa shape index (κ3) is 5.30. The highest BCUT2D eigenvalue weighted by Gasteiger charge is 2.19. The second-order valence-corrected chi connectivity index (χ2v) is 5.69. The highest BCUT2D eigenvalue weighted by atomic mass is 16.5. The van der Waals surface area contributed by atoms with Crippen LogP contribution < -0.4 is 4.74 Å². The first-order valence-electron chi connectivity index (χ1n) is 7.72. The van der Waals surface area contributed by atoms with Crippen molar-refractivity contribution in [3.05, 3.63) is 29.3 Å². The van der Waals surface area contributed by atoms with Gasteiger partial charge in [0.15, 0.2) is 0 Å². The standard InChI is InChI=1S/C17H27NO3/c1-14-4-5-17(15(2)12-14)21-11-8-18-7-10-20-16(13-18)6-9-19-3/h4-5,12,16H,6-11,13H2,1-3H3/t16-/m1/s1. The molecular formula is C17H27NO3. The van der Waals surface area contributed by atoms with Gasteiger partial charge in [0, 0.05) is 33.4 Å². The van der Waals surface area contributed by atoms with E-state index in [1.807, 2.05) is 0 Å². The first-order chi connectivity index (χ1) is 10.2. The van der Waals surface area contributed by atoms with Crippen molar-refractivity contribution in [2.75, 3.05) is 46.6 Å². The lowest BCUT2D eigenvalue weighted by Gasteiger charge is -2.32. The van der Waals surface area contributed by atoms with Crippen LogP contribution in [0.15, 0.2) is 18.2 Å². The molecule has 0 bridgehead atoms. The van der Waals surface area contributed by atoms with Gasteiger partial charge < -0.3 is 14.2 Å². The molecule has 0 amide bonds. The molecule has 1 heterocycles. The maximum Gasteiger partial charge on any atom is 0.122 e. The molecule has 0 unspecified atom stereocenters. The van der Waals surface area contributed by atoms with Crippen molar-refractivity contribution in [3.8, 4) is 5.75 Å². The van der Waals surface area contributed by atoms with Crippen LogP contribution in [0.3, 0.4) is 0 Å². The van der Waals surface area contributed by atoms with Crippen molar-refractivity contribution in [2.24, 2.45) is 0 Å². The zero-order valence-corrected chi connectivity index (χ0v) is 13.4. The third-order valence-corrected chi connectivity index (χ3v) is 3.86. The number of hydrogen-bond donors (Lipinski definition) is 0. The van der Waals surface area contributed by atoms with Crippen molar-refractivity contribution < 1.29 is 14.2 Å². The summed E-state index contributed by atoms with van der Waals surface area (Å²) in [6, 6.07) is 6.31. The second kappa shape index (κ2) is 8.37.